The molecule has 2 aromatic rings. The molecular formula is C13H20N6O2. The molecule has 21 heavy (non-hydrogen) atoms. The Morgan fingerprint density at radius 3 is 2.71 bits per heavy atom. The molecule has 0 spiro atoms. The smallest absolute Gasteiger partial charge is 0.330 e. The van der Waals surface area contributed by atoms with Gasteiger partial charge >= 0.3 is 5.69 Å². The molecule has 0 bridgehead atoms. The maximum absolute atomic E-state index is 11.9. The molecule has 2 heterocycles. The number of nitrogen functional groups attached to an aromatic ring is 1. The summed E-state index contributed by atoms with van der Waals surface area (Å²) in [6.07, 6.45) is 2.48. The number of hydrogen-bond acceptors (Lipinski definition) is 5. The second-order valence-corrected chi connectivity index (χ2v) is 4.90. The van der Waals surface area contributed by atoms with Crippen molar-refractivity contribution in [2.45, 2.75) is 33.4 Å². The molecule has 0 aliphatic heterocycles. The van der Waals surface area contributed by atoms with Crippen molar-refractivity contribution in [1.82, 2.24) is 19.3 Å². The molecule has 8 nitrogen and oxygen atoms in total. The van der Waals surface area contributed by atoms with E-state index in [0.717, 1.165) is 17.7 Å². The molecule has 0 saturated carbocycles. The van der Waals surface area contributed by atoms with Crippen molar-refractivity contribution in [3.8, 4) is 0 Å². The fourth-order valence-electron chi connectivity index (χ4n) is 2.11. The van der Waals surface area contributed by atoms with E-state index in [4.69, 9.17) is 5.73 Å². The van der Waals surface area contributed by atoms with E-state index in [1.807, 2.05) is 20.9 Å². The van der Waals surface area contributed by atoms with Gasteiger partial charge in [0.15, 0.2) is 0 Å². The highest BCUT2D eigenvalue weighted by molar-refractivity contribution is 5.60. The third kappa shape index (κ3) is 2.83. The lowest BCUT2D eigenvalue weighted by Gasteiger charge is -2.13. The van der Waals surface area contributed by atoms with Gasteiger partial charge in [0.25, 0.3) is 5.56 Å². The van der Waals surface area contributed by atoms with Crippen LogP contribution in [0, 0.1) is 6.92 Å². The Morgan fingerprint density at radius 2 is 2.14 bits per heavy atom. The maximum Gasteiger partial charge on any atom is 0.330 e. The van der Waals surface area contributed by atoms with Crippen LogP contribution in [0.25, 0.3) is 0 Å². The number of rotatable bonds is 5. The zero-order chi connectivity index (χ0) is 15.6. The first kappa shape index (κ1) is 14.9. The Morgan fingerprint density at radius 1 is 1.43 bits per heavy atom. The molecule has 0 aliphatic rings. The topological polar surface area (TPSA) is 111 Å². The first-order valence-electron chi connectivity index (χ1n) is 6.79. The van der Waals surface area contributed by atoms with Crippen LogP contribution in [0.1, 0.15) is 24.6 Å². The van der Waals surface area contributed by atoms with Gasteiger partial charge in [-0.1, -0.05) is 6.92 Å². The molecule has 0 saturated heterocycles. The van der Waals surface area contributed by atoms with Crippen LogP contribution in [0.3, 0.4) is 0 Å². The van der Waals surface area contributed by atoms with Crippen molar-refractivity contribution in [3.05, 3.63) is 38.3 Å². The molecule has 114 valence electrons. The Kier molecular flexibility index (Phi) is 4.15. The number of nitrogens with one attached hydrogen (secondary N) is 2. The Hall–Kier alpha value is -2.51. The number of aryl methyl sites for hydroxylation is 1. The third-order valence-corrected chi connectivity index (χ3v) is 3.48. The first-order chi connectivity index (χ1) is 9.95. The Labute approximate surface area is 121 Å². The summed E-state index contributed by atoms with van der Waals surface area (Å²) in [7, 11) is 1.85. The molecule has 2 rings (SSSR count). The lowest BCUT2D eigenvalue weighted by molar-refractivity contribution is 0.642. The SMILES string of the molecule is CCCn1c(N)c(NCc2cnn(C)c2C)c(=O)[nH]c1=O. The van der Waals surface area contributed by atoms with Crippen molar-refractivity contribution in [1.29, 1.82) is 0 Å². The molecule has 8 heteroatoms. The quantitative estimate of drug-likeness (QED) is 0.728. The molecule has 2 aromatic heterocycles. The van der Waals surface area contributed by atoms with Gasteiger partial charge in [-0.3, -0.25) is 19.0 Å². The maximum atomic E-state index is 11.9. The van der Waals surface area contributed by atoms with Crippen molar-refractivity contribution >= 4 is 11.5 Å². The van der Waals surface area contributed by atoms with Gasteiger partial charge in [-0.25, -0.2) is 4.79 Å². The van der Waals surface area contributed by atoms with E-state index in [0.29, 0.717) is 13.1 Å². The van der Waals surface area contributed by atoms with E-state index in [2.05, 4.69) is 15.4 Å². The predicted octanol–water partition coefficient (Wildman–Crippen LogP) is 0.183. The van der Waals surface area contributed by atoms with Crippen LogP contribution >= 0.6 is 0 Å². The van der Waals surface area contributed by atoms with Gasteiger partial charge in [0, 0.05) is 31.4 Å². The summed E-state index contributed by atoms with van der Waals surface area (Å²) in [5.41, 5.74) is 7.12. The van der Waals surface area contributed by atoms with Gasteiger partial charge in [-0.2, -0.15) is 5.10 Å². The Balaban J connectivity index is 2.32. The number of anilines is 2. The molecule has 0 radical (unpaired) electrons. The summed E-state index contributed by atoms with van der Waals surface area (Å²) < 4.78 is 3.11. The molecule has 0 unspecified atom stereocenters. The molecule has 0 amide bonds. The summed E-state index contributed by atoms with van der Waals surface area (Å²) >= 11 is 0. The average Bonchev–Trinajstić information content (AvgIpc) is 2.75. The van der Waals surface area contributed by atoms with Gasteiger partial charge in [-0.15, -0.1) is 0 Å². The number of hydrogen-bond donors (Lipinski definition) is 3. The fraction of sp³-hybridized carbons (Fsp3) is 0.462. The largest absolute Gasteiger partial charge is 0.383 e. The second-order valence-electron chi connectivity index (χ2n) is 4.90. The summed E-state index contributed by atoms with van der Waals surface area (Å²) in [5.74, 6) is 0.159. The highest BCUT2D eigenvalue weighted by atomic mass is 16.2. The number of aromatic amines is 1. The van der Waals surface area contributed by atoms with E-state index < -0.39 is 11.2 Å². The summed E-state index contributed by atoms with van der Waals surface area (Å²) in [6, 6.07) is 0. The summed E-state index contributed by atoms with van der Waals surface area (Å²) in [6.45, 7) is 4.75. The molecule has 0 atom stereocenters. The van der Waals surface area contributed by atoms with Crippen molar-refractivity contribution in [3.63, 3.8) is 0 Å². The summed E-state index contributed by atoms with van der Waals surface area (Å²) in [4.78, 5) is 25.9. The van der Waals surface area contributed by atoms with E-state index in [1.54, 1.807) is 10.9 Å². The number of nitrogens with zero attached hydrogens (tertiary/aromatic N) is 3. The lowest BCUT2D eigenvalue weighted by atomic mass is 10.2. The fourth-order valence-corrected chi connectivity index (χ4v) is 2.11. The minimum absolute atomic E-state index is 0.159. The zero-order valence-electron chi connectivity index (χ0n) is 12.4. The molecular weight excluding hydrogens is 272 g/mol. The minimum atomic E-state index is -0.508. The molecule has 4 N–H and O–H groups in total. The predicted molar refractivity (Wildman–Crippen MR) is 81.3 cm³/mol. The van der Waals surface area contributed by atoms with Crippen LogP contribution in [0.15, 0.2) is 15.8 Å². The number of aromatic nitrogens is 4. The van der Waals surface area contributed by atoms with Crippen molar-refractivity contribution in [2.75, 3.05) is 11.1 Å². The van der Waals surface area contributed by atoms with Gasteiger partial charge in [0.1, 0.15) is 11.5 Å². The highest BCUT2D eigenvalue weighted by Crippen LogP contribution is 2.13. The highest BCUT2D eigenvalue weighted by Gasteiger charge is 2.12. The van der Waals surface area contributed by atoms with Crippen LogP contribution in [0.5, 0.6) is 0 Å². The average molecular weight is 292 g/mol. The number of nitrogens with two attached hydrogens (primary N) is 1. The van der Waals surface area contributed by atoms with Crippen LogP contribution in [0.4, 0.5) is 11.5 Å². The summed E-state index contributed by atoms with van der Waals surface area (Å²) in [5, 5.41) is 7.13. The molecule has 0 aromatic carbocycles. The molecule has 0 fully saturated rings. The van der Waals surface area contributed by atoms with Crippen molar-refractivity contribution in [2.24, 2.45) is 7.05 Å². The van der Waals surface area contributed by atoms with E-state index >= 15 is 0 Å². The van der Waals surface area contributed by atoms with Crippen LogP contribution in [0.2, 0.25) is 0 Å². The number of H-pyrrole nitrogens is 1. The van der Waals surface area contributed by atoms with Crippen LogP contribution in [-0.4, -0.2) is 19.3 Å². The zero-order valence-corrected chi connectivity index (χ0v) is 12.4. The lowest BCUT2D eigenvalue weighted by Crippen LogP contribution is -2.34. The monoisotopic (exact) mass is 292 g/mol. The normalized spacial score (nSPS) is 10.8. The van der Waals surface area contributed by atoms with Gasteiger partial charge < -0.3 is 11.1 Å². The van der Waals surface area contributed by atoms with Gasteiger partial charge in [0.2, 0.25) is 0 Å². The van der Waals surface area contributed by atoms with Gasteiger partial charge in [0.05, 0.1) is 6.20 Å². The van der Waals surface area contributed by atoms with E-state index in [1.165, 1.54) is 4.57 Å². The molecule has 0 aliphatic carbocycles. The van der Waals surface area contributed by atoms with Crippen LogP contribution < -0.4 is 22.3 Å². The minimum Gasteiger partial charge on any atom is -0.383 e. The third-order valence-electron chi connectivity index (χ3n) is 3.48. The standard InChI is InChI=1S/C13H20N6O2/c1-4-5-19-11(14)10(12(20)17-13(19)21)15-6-9-7-16-18(3)8(9)2/h7,15H,4-6,14H2,1-3H3,(H,17,20,21). The second kappa shape index (κ2) is 5.86. The first-order valence-corrected chi connectivity index (χ1v) is 6.79. The van der Waals surface area contributed by atoms with Crippen LogP contribution in [-0.2, 0) is 20.1 Å². The van der Waals surface area contributed by atoms with Crippen molar-refractivity contribution < 1.29 is 0 Å². The van der Waals surface area contributed by atoms with E-state index in [-0.39, 0.29) is 11.5 Å². The van der Waals surface area contributed by atoms with E-state index in [9.17, 15) is 9.59 Å². The Bertz CT molecular complexity index is 755. The van der Waals surface area contributed by atoms with Gasteiger partial charge in [-0.05, 0) is 13.3 Å².